The summed E-state index contributed by atoms with van der Waals surface area (Å²) in [5.41, 5.74) is -0.961. The Kier molecular flexibility index (Phi) is 13.5. The van der Waals surface area contributed by atoms with Crippen molar-refractivity contribution in [2.24, 2.45) is 33.7 Å². The number of aromatic hydroxyl groups is 2. The summed E-state index contributed by atoms with van der Waals surface area (Å²) in [5, 5.41) is 49.8. The predicted molar refractivity (Wildman–Crippen MR) is 229 cm³/mol. The van der Waals surface area contributed by atoms with Gasteiger partial charge in [0.05, 0.1) is 48.0 Å². The molecule has 4 bridgehead atoms. The standard InChI is InChI=1S/C46H60N4O13/c1-21-13-12-14-22(2)43(57)47-35-34-33(48-46(49-34)16-18-50(19-17-46)27(7)44(58)60-11)30-31(39(35)55)38(54)26(6)41-32(30)42(56)45(9,63-41)61-20-15-29(59-10)23(3)40(62-28(8)51)25(5)37(53)24(4)36(21)52/h12-15,20-21,23-25,27,29,36-37,40,52-55H,16-19H2,1-11H3,(H,47,57)/b13-12+,20-15+,22-14-/t21-,23+,24+,25+,27+,29-,36-,37+,40+,45-/m0/s1. The van der Waals surface area contributed by atoms with Crippen LogP contribution in [0.4, 0.5) is 5.69 Å². The van der Waals surface area contributed by atoms with Gasteiger partial charge in [-0.25, -0.2) is 0 Å². The molecule has 0 aromatic heterocycles. The maximum absolute atomic E-state index is 14.7. The average molecular weight is 877 g/mol. The number of rotatable bonds is 4. The number of nitrogens with one attached hydrogen (secondary N) is 1. The fourth-order valence-electron chi connectivity index (χ4n) is 9.18. The van der Waals surface area contributed by atoms with E-state index in [1.165, 1.54) is 53.4 Å². The number of anilines is 1. The average Bonchev–Trinajstić information content (AvgIpc) is 3.75. The number of benzene rings is 2. The van der Waals surface area contributed by atoms with Crippen LogP contribution in [0.1, 0.15) is 84.2 Å². The van der Waals surface area contributed by atoms with E-state index < -0.39 is 94.7 Å². The van der Waals surface area contributed by atoms with Gasteiger partial charge in [-0.1, -0.05) is 45.9 Å². The molecule has 5 N–H and O–H groups in total. The van der Waals surface area contributed by atoms with Crippen molar-refractivity contribution in [3.63, 3.8) is 0 Å². The molecule has 4 aliphatic rings. The maximum atomic E-state index is 14.7. The highest BCUT2D eigenvalue weighted by molar-refractivity contribution is 6.19. The Morgan fingerprint density at radius 1 is 0.937 bits per heavy atom. The predicted octanol–water partition coefficient (Wildman–Crippen LogP) is 3.65. The van der Waals surface area contributed by atoms with E-state index in [9.17, 15) is 39.6 Å². The number of phenols is 2. The van der Waals surface area contributed by atoms with E-state index in [1.807, 2.05) is 4.90 Å². The number of fused-ring (bicyclic) bond motifs is 1. The number of esters is 2. The van der Waals surface area contributed by atoms with Gasteiger partial charge in [-0.15, -0.1) is 0 Å². The molecule has 1 spiro atoms. The number of ketones is 1. The molecule has 17 heteroatoms. The topological polar surface area (TPSA) is 235 Å². The van der Waals surface area contributed by atoms with E-state index >= 15 is 0 Å². The lowest BCUT2D eigenvalue weighted by Crippen LogP contribution is -2.48. The van der Waals surface area contributed by atoms with E-state index in [2.05, 4.69) is 5.32 Å². The second-order valence-corrected chi connectivity index (χ2v) is 17.5. The smallest absolute Gasteiger partial charge is 0.322 e. The summed E-state index contributed by atoms with van der Waals surface area (Å²) in [4.78, 5) is 65.6. The fraction of sp³-hybridized carbons (Fsp3) is 0.565. The van der Waals surface area contributed by atoms with Gasteiger partial charge in [0.2, 0.25) is 0 Å². The number of allylic oxidation sites excluding steroid dienone is 2. The highest BCUT2D eigenvalue weighted by atomic mass is 16.7. The van der Waals surface area contributed by atoms with Crippen LogP contribution in [-0.2, 0) is 33.3 Å². The lowest BCUT2D eigenvalue weighted by atomic mass is 9.78. The van der Waals surface area contributed by atoms with Crippen LogP contribution in [0, 0.1) is 30.6 Å². The number of amides is 1. The zero-order chi connectivity index (χ0) is 46.5. The first kappa shape index (κ1) is 47.1. The van der Waals surface area contributed by atoms with Crippen molar-refractivity contribution in [1.82, 2.24) is 4.90 Å². The summed E-state index contributed by atoms with van der Waals surface area (Å²) in [6.45, 7) is 15.2. The number of methoxy groups -OCH3 is 2. The Morgan fingerprint density at radius 2 is 1.59 bits per heavy atom. The maximum Gasteiger partial charge on any atom is 0.322 e. The first-order valence-corrected chi connectivity index (χ1v) is 21.3. The van der Waals surface area contributed by atoms with Gasteiger partial charge in [-0.2, -0.15) is 0 Å². The third kappa shape index (κ3) is 8.55. The molecule has 4 heterocycles. The number of aliphatic hydroxyl groups excluding tert-OH is 2. The third-order valence-corrected chi connectivity index (χ3v) is 13.3. The van der Waals surface area contributed by atoms with E-state index in [1.54, 1.807) is 53.7 Å². The number of aliphatic hydroxyl groups is 2. The normalized spacial score (nSPS) is 32.3. The van der Waals surface area contributed by atoms with Crippen LogP contribution in [0.15, 0.2) is 46.1 Å². The van der Waals surface area contributed by atoms with E-state index in [-0.39, 0.29) is 55.6 Å². The number of ether oxygens (including phenoxy) is 5. The first-order valence-electron chi connectivity index (χ1n) is 21.3. The zero-order valence-electron chi connectivity index (χ0n) is 37.7. The Hall–Kier alpha value is -5.36. The molecule has 1 saturated heterocycles. The van der Waals surface area contributed by atoms with Gasteiger partial charge in [0, 0.05) is 87.1 Å². The molecule has 2 aromatic rings. The number of phenolic OH excluding ortho intramolecular Hbond substituents is 2. The molecule has 4 aliphatic heterocycles. The van der Waals surface area contributed by atoms with Crippen molar-refractivity contribution in [3.8, 4) is 17.2 Å². The first-order chi connectivity index (χ1) is 29.6. The molecule has 0 unspecified atom stereocenters. The van der Waals surface area contributed by atoms with Gasteiger partial charge < -0.3 is 49.4 Å². The number of likely N-dealkylation sites (tertiary alicyclic amines) is 1. The highest BCUT2D eigenvalue weighted by Crippen LogP contribution is 2.50. The molecule has 0 radical (unpaired) electrons. The van der Waals surface area contributed by atoms with Crippen LogP contribution in [0.25, 0.3) is 10.8 Å². The van der Waals surface area contributed by atoms with E-state index in [0.29, 0.717) is 25.9 Å². The molecule has 0 aliphatic carbocycles. The van der Waals surface area contributed by atoms with Gasteiger partial charge in [-0.3, -0.25) is 34.1 Å². The Bertz CT molecular complexity index is 2400. The van der Waals surface area contributed by atoms with Crippen LogP contribution in [-0.4, -0.2) is 118 Å². The lowest BCUT2D eigenvalue weighted by molar-refractivity contribution is -0.160. The minimum Gasteiger partial charge on any atom is -0.507 e. The Morgan fingerprint density at radius 3 is 2.21 bits per heavy atom. The van der Waals surface area contributed by atoms with Crippen LogP contribution in [0.2, 0.25) is 0 Å². The molecule has 17 nitrogen and oxygen atoms in total. The molecule has 63 heavy (non-hydrogen) atoms. The van der Waals surface area contributed by atoms with Gasteiger partial charge in [0.1, 0.15) is 34.7 Å². The quantitative estimate of drug-likeness (QED) is 0.218. The monoisotopic (exact) mass is 876 g/mol. The fourth-order valence-corrected chi connectivity index (χ4v) is 9.18. The van der Waals surface area contributed by atoms with Gasteiger partial charge in [-0.05, 0) is 26.8 Å². The van der Waals surface area contributed by atoms with Crippen LogP contribution in [0.5, 0.6) is 17.2 Å². The van der Waals surface area contributed by atoms with Crippen LogP contribution >= 0.6 is 0 Å². The molecule has 1 fully saturated rings. The van der Waals surface area contributed by atoms with E-state index in [0.717, 1.165) is 0 Å². The molecule has 10 atom stereocenters. The molecule has 0 saturated carbocycles. The van der Waals surface area contributed by atoms with Crippen LogP contribution < -0.4 is 20.8 Å². The lowest BCUT2D eigenvalue weighted by Gasteiger charge is -2.38. The van der Waals surface area contributed by atoms with E-state index in [4.69, 9.17) is 33.7 Å². The number of piperidine rings is 1. The second-order valence-electron chi connectivity index (χ2n) is 17.5. The van der Waals surface area contributed by atoms with Gasteiger partial charge >= 0.3 is 17.7 Å². The van der Waals surface area contributed by atoms with Crippen molar-refractivity contribution < 1.29 is 63.3 Å². The number of hydrogen-bond acceptors (Lipinski definition) is 16. The minimum atomic E-state index is -2.01. The molecule has 2 aromatic carbocycles. The van der Waals surface area contributed by atoms with Gasteiger partial charge in [0.15, 0.2) is 11.4 Å². The molecule has 6 rings (SSSR count). The summed E-state index contributed by atoms with van der Waals surface area (Å²) >= 11 is 0. The number of carbonyl (C=O) groups is 4. The number of hydrogen-bond donors (Lipinski definition) is 5. The summed E-state index contributed by atoms with van der Waals surface area (Å²) in [7, 11) is 2.78. The minimum absolute atomic E-state index is 0.00632. The highest BCUT2D eigenvalue weighted by Gasteiger charge is 2.50. The second kappa shape index (κ2) is 18.0. The summed E-state index contributed by atoms with van der Waals surface area (Å²) in [5.74, 6) is -7.71. The zero-order valence-corrected chi connectivity index (χ0v) is 37.7. The molecule has 1 amide bonds. The largest absolute Gasteiger partial charge is 0.507 e. The van der Waals surface area contributed by atoms with Crippen molar-refractivity contribution in [1.29, 1.82) is 0 Å². The number of nitrogens with zero attached hydrogens (tertiary/aromatic N) is 3. The SMILES string of the molecule is COC(=O)[C@@H](C)N1CCC2(CC1)N=c1c3c(O)c4c(O)c(C)c5c(c4c1=N2)C(=O)[C@@](C)(O/C=C/[C@H](OC)[C@@H](C)[C@@H](OC(C)=O)[C@H](C)[C@H](O)[C@H](C)[C@@H](O)[C@@H](C)/C=C/C=C(/C)C(=O)N3)O5. The molecular weight excluding hydrogens is 817 g/mol. The summed E-state index contributed by atoms with van der Waals surface area (Å²) in [6.07, 6.45) is 4.37. The van der Waals surface area contributed by atoms with Crippen molar-refractivity contribution in [2.45, 2.75) is 117 Å². The van der Waals surface area contributed by atoms with Crippen LogP contribution in [0.3, 0.4) is 0 Å². The number of carbonyl (C=O) groups excluding carboxylic acids is 4. The Labute approximate surface area is 366 Å². The molecule has 342 valence electrons. The summed E-state index contributed by atoms with van der Waals surface area (Å²) in [6, 6.07) is -0.529. The molecular formula is C46H60N4O13. The van der Waals surface area contributed by atoms with Crippen molar-refractivity contribution in [2.75, 3.05) is 32.6 Å². The Balaban J connectivity index is 1.54. The van der Waals surface area contributed by atoms with Crippen molar-refractivity contribution in [3.05, 3.63) is 58.0 Å². The summed E-state index contributed by atoms with van der Waals surface area (Å²) < 4.78 is 28.9. The third-order valence-electron chi connectivity index (χ3n) is 13.3. The van der Waals surface area contributed by atoms with Gasteiger partial charge in [0.25, 0.3) is 11.7 Å². The van der Waals surface area contributed by atoms with Crippen molar-refractivity contribution >= 4 is 40.1 Å². The number of Topliss-reactive ketones (excluding diaryl/α,β-unsaturated/α-hetero) is 1.